The Morgan fingerprint density at radius 1 is 1.05 bits per heavy atom. The van der Waals surface area contributed by atoms with E-state index in [1.165, 1.54) is 0 Å². The maximum Gasteiger partial charge on any atom is 0.226 e. The third-order valence-electron chi connectivity index (χ3n) is 3.36. The lowest BCUT2D eigenvalue weighted by Gasteiger charge is -2.04. The molecule has 0 radical (unpaired) electrons. The number of aryl methyl sites for hydroxylation is 1. The molecule has 0 atom stereocenters. The van der Waals surface area contributed by atoms with Gasteiger partial charge in [-0.15, -0.1) is 0 Å². The average Bonchev–Trinajstić information content (AvgIpc) is 2.90. The summed E-state index contributed by atoms with van der Waals surface area (Å²) in [5, 5.41) is 9.32. The first-order chi connectivity index (χ1) is 10.7. The van der Waals surface area contributed by atoms with E-state index in [4.69, 9.17) is 9.15 Å². The van der Waals surface area contributed by atoms with E-state index in [2.05, 4.69) is 4.98 Å². The number of benzene rings is 2. The molecule has 1 N–H and O–H groups in total. The zero-order valence-electron chi connectivity index (χ0n) is 12.3. The van der Waals surface area contributed by atoms with Crippen molar-refractivity contribution in [2.45, 2.75) is 13.3 Å². The van der Waals surface area contributed by atoms with Crippen LogP contribution < -0.4 is 4.74 Å². The summed E-state index contributed by atoms with van der Waals surface area (Å²) < 4.78 is 11.4. The molecule has 0 spiro atoms. The van der Waals surface area contributed by atoms with Gasteiger partial charge in [-0.3, -0.25) is 0 Å². The Morgan fingerprint density at radius 3 is 2.50 bits per heavy atom. The molecule has 22 heavy (non-hydrogen) atoms. The SMILES string of the molecule is Cc1oc(-c2ccc(O)cc2)nc1CCOc1ccccc1. The predicted molar refractivity (Wildman–Crippen MR) is 84.0 cm³/mol. The van der Waals surface area contributed by atoms with Crippen molar-refractivity contribution < 1.29 is 14.3 Å². The first kappa shape index (κ1) is 14.2. The fourth-order valence-corrected chi connectivity index (χ4v) is 2.17. The number of oxazole rings is 1. The van der Waals surface area contributed by atoms with Crippen molar-refractivity contribution in [3.8, 4) is 23.0 Å². The van der Waals surface area contributed by atoms with Crippen molar-refractivity contribution in [1.29, 1.82) is 0 Å². The van der Waals surface area contributed by atoms with Gasteiger partial charge < -0.3 is 14.3 Å². The molecule has 0 fully saturated rings. The lowest BCUT2D eigenvalue weighted by Crippen LogP contribution is -2.02. The zero-order chi connectivity index (χ0) is 15.4. The van der Waals surface area contributed by atoms with Gasteiger partial charge in [-0.2, -0.15) is 0 Å². The molecule has 0 amide bonds. The fourth-order valence-electron chi connectivity index (χ4n) is 2.17. The molecule has 3 rings (SSSR count). The van der Waals surface area contributed by atoms with Crippen LogP contribution in [0.3, 0.4) is 0 Å². The molecule has 0 aliphatic carbocycles. The third-order valence-corrected chi connectivity index (χ3v) is 3.36. The van der Waals surface area contributed by atoms with Gasteiger partial charge in [0, 0.05) is 12.0 Å². The molecule has 4 nitrogen and oxygen atoms in total. The largest absolute Gasteiger partial charge is 0.508 e. The monoisotopic (exact) mass is 295 g/mol. The lowest BCUT2D eigenvalue weighted by molar-refractivity contribution is 0.320. The number of aromatic nitrogens is 1. The molecule has 0 aliphatic rings. The van der Waals surface area contributed by atoms with Crippen LogP contribution in [0.4, 0.5) is 0 Å². The summed E-state index contributed by atoms with van der Waals surface area (Å²) in [5.74, 6) is 2.43. The van der Waals surface area contributed by atoms with Crippen LogP contribution in [-0.4, -0.2) is 16.7 Å². The van der Waals surface area contributed by atoms with E-state index in [1.54, 1.807) is 24.3 Å². The molecule has 0 saturated carbocycles. The highest BCUT2D eigenvalue weighted by Crippen LogP contribution is 2.24. The Bertz CT molecular complexity index is 733. The van der Waals surface area contributed by atoms with E-state index in [0.29, 0.717) is 18.9 Å². The molecule has 0 unspecified atom stereocenters. The Morgan fingerprint density at radius 2 is 1.77 bits per heavy atom. The number of phenolic OH excluding ortho intramolecular Hbond substituents is 1. The molecule has 2 aromatic carbocycles. The lowest BCUT2D eigenvalue weighted by atomic mass is 10.2. The van der Waals surface area contributed by atoms with Crippen LogP contribution in [0.15, 0.2) is 59.0 Å². The number of para-hydroxylation sites is 1. The van der Waals surface area contributed by atoms with Crippen molar-refractivity contribution in [3.05, 3.63) is 66.1 Å². The highest BCUT2D eigenvalue weighted by atomic mass is 16.5. The molecule has 4 heteroatoms. The molecule has 0 bridgehead atoms. The summed E-state index contributed by atoms with van der Waals surface area (Å²) in [7, 11) is 0. The highest BCUT2D eigenvalue weighted by molar-refractivity contribution is 5.55. The van der Waals surface area contributed by atoms with Gasteiger partial charge in [0.25, 0.3) is 0 Å². The Labute approximate surface area is 129 Å². The molecule has 3 aromatic rings. The number of aromatic hydroxyl groups is 1. The maximum absolute atomic E-state index is 9.32. The van der Waals surface area contributed by atoms with Gasteiger partial charge in [0.15, 0.2) is 0 Å². The van der Waals surface area contributed by atoms with E-state index in [-0.39, 0.29) is 5.75 Å². The van der Waals surface area contributed by atoms with E-state index >= 15 is 0 Å². The van der Waals surface area contributed by atoms with Crippen LogP contribution in [0, 0.1) is 6.92 Å². The normalized spacial score (nSPS) is 10.6. The zero-order valence-corrected chi connectivity index (χ0v) is 12.3. The fraction of sp³-hybridized carbons (Fsp3) is 0.167. The van der Waals surface area contributed by atoms with Gasteiger partial charge in [0.1, 0.15) is 17.3 Å². The number of hydrogen-bond donors (Lipinski definition) is 1. The molecule has 112 valence electrons. The quantitative estimate of drug-likeness (QED) is 0.773. The summed E-state index contributed by atoms with van der Waals surface area (Å²) in [6, 6.07) is 16.5. The second-order valence-electron chi connectivity index (χ2n) is 4.98. The smallest absolute Gasteiger partial charge is 0.226 e. The van der Waals surface area contributed by atoms with Crippen LogP contribution in [0.5, 0.6) is 11.5 Å². The van der Waals surface area contributed by atoms with E-state index in [9.17, 15) is 5.11 Å². The summed E-state index contributed by atoms with van der Waals surface area (Å²) in [4.78, 5) is 4.51. The van der Waals surface area contributed by atoms with Gasteiger partial charge in [-0.25, -0.2) is 4.98 Å². The topological polar surface area (TPSA) is 55.5 Å². The summed E-state index contributed by atoms with van der Waals surface area (Å²) >= 11 is 0. The molecule has 1 heterocycles. The first-order valence-corrected chi connectivity index (χ1v) is 7.16. The number of hydrogen-bond acceptors (Lipinski definition) is 4. The Kier molecular flexibility index (Phi) is 4.10. The van der Waals surface area contributed by atoms with E-state index < -0.39 is 0 Å². The Balaban J connectivity index is 1.66. The van der Waals surface area contributed by atoms with Gasteiger partial charge in [-0.1, -0.05) is 18.2 Å². The number of nitrogens with zero attached hydrogens (tertiary/aromatic N) is 1. The minimum atomic E-state index is 0.225. The van der Waals surface area contributed by atoms with E-state index in [0.717, 1.165) is 22.8 Å². The number of ether oxygens (including phenoxy) is 1. The van der Waals surface area contributed by atoms with Crippen molar-refractivity contribution >= 4 is 0 Å². The maximum atomic E-state index is 9.32. The van der Waals surface area contributed by atoms with Gasteiger partial charge in [0.05, 0.1) is 12.3 Å². The number of phenols is 1. The van der Waals surface area contributed by atoms with Crippen molar-refractivity contribution in [3.63, 3.8) is 0 Å². The summed E-state index contributed by atoms with van der Waals surface area (Å²) in [6.07, 6.45) is 0.683. The Hall–Kier alpha value is -2.75. The van der Waals surface area contributed by atoms with Gasteiger partial charge in [-0.05, 0) is 43.3 Å². The van der Waals surface area contributed by atoms with Crippen LogP contribution in [0.1, 0.15) is 11.5 Å². The van der Waals surface area contributed by atoms with Crippen LogP contribution in [0.25, 0.3) is 11.5 Å². The van der Waals surface area contributed by atoms with Crippen LogP contribution in [0.2, 0.25) is 0 Å². The third kappa shape index (κ3) is 3.28. The summed E-state index contributed by atoms with van der Waals surface area (Å²) in [6.45, 7) is 2.45. The van der Waals surface area contributed by atoms with Gasteiger partial charge in [0.2, 0.25) is 5.89 Å². The number of rotatable bonds is 5. The molecule has 1 aromatic heterocycles. The van der Waals surface area contributed by atoms with E-state index in [1.807, 2.05) is 37.3 Å². The molecule has 0 saturated heterocycles. The molecular formula is C18H17NO3. The van der Waals surface area contributed by atoms with Crippen molar-refractivity contribution in [2.24, 2.45) is 0 Å². The van der Waals surface area contributed by atoms with Gasteiger partial charge >= 0.3 is 0 Å². The standard InChI is InChI=1S/C18H17NO3/c1-13-17(11-12-21-16-5-3-2-4-6-16)19-18(22-13)14-7-9-15(20)10-8-14/h2-10,20H,11-12H2,1H3. The van der Waals surface area contributed by atoms with Crippen LogP contribution >= 0.6 is 0 Å². The van der Waals surface area contributed by atoms with Crippen molar-refractivity contribution in [2.75, 3.05) is 6.61 Å². The first-order valence-electron chi connectivity index (χ1n) is 7.16. The summed E-state index contributed by atoms with van der Waals surface area (Å²) in [5.41, 5.74) is 1.73. The minimum Gasteiger partial charge on any atom is -0.508 e. The predicted octanol–water partition coefficient (Wildman–Crippen LogP) is 3.98. The highest BCUT2D eigenvalue weighted by Gasteiger charge is 2.11. The molecule has 0 aliphatic heterocycles. The second kappa shape index (κ2) is 6.35. The second-order valence-corrected chi connectivity index (χ2v) is 4.98. The van der Waals surface area contributed by atoms with Crippen molar-refractivity contribution in [1.82, 2.24) is 4.98 Å². The van der Waals surface area contributed by atoms with Crippen LogP contribution in [-0.2, 0) is 6.42 Å². The molecular weight excluding hydrogens is 278 g/mol. The average molecular weight is 295 g/mol. The minimum absolute atomic E-state index is 0.225.